The average Bonchev–Trinajstić information content (AvgIpc) is 3.31. The molecule has 0 saturated carbocycles. The Bertz CT molecular complexity index is 948. The molecule has 0 amide bonds. The summed E-state index contributed by atoms with van der Waals surface area (Å²) in [6.07, 6.45) is 3.44. The molecule has 30 heavy (non-hydrogen) atoms. The number of aliphatic hydroxyl groups is 3. The summed E-state index contributed by atoms with van der Waals surface area (Å²) in [6, 6.07) is 3.39. The number of pyridine rings is 1. The number of hydrogen-bond donors (Lipinski definition) is 5. The monoisotopic (exact) mass is 416 g/mol. The van der Waals surface area contributed by atoms with Gasteiger partial charge in [0.25, 0.3) is 0 Å². The maximum atomic E-state index is 12.3. The van der Waals surface area contributed by atoms with E-state index in [1.165, 1.54) is 12.5 Å². The molecule has 1 fully saturated rings. The summed E-state index contributed by atoms with van der Waals surface area (Å²) in [6.45, 7) is -0.305. The average molecular weight is 416 g/mol. The second-order valence-electron chi connectivity index (χ2n) is 7.42. The van der Waals surface area contributed by atoms with Crippen LogP contribution >= 0.6 is 0 Å². The normalized spacial score (nSPS) is 28.0. The molecule has 0 aliphatic carbocycles. The Morgan fingerprint density at radius 2 is 2.30 bits per heavy atom. The molecular weight excluding hydrogens is 392 g/mol. The smallest absolute Gasteiger partial charge is 0.206 e. The summed E-state index contributed by atoms with van der Waals surface area (Å²) in [4.78, 5) is 24.6. The number of rotatable bonds is 7. The first-order valence-electron chi connectivity index (χ1n) is 9.71. The number of aliphatic imine (C=N–C) groups is 1. The fraction of sp³-hybridized carbons (Fsp3) is 0.474. The quantitative estimate of drug-likeness (QED) is 0.386. The van der Waals surface area contributed by atoms with Crippen molar-refractivity contribution in [2.45, 2.75) is 49.8 Å². The minimum Gasteiger partial charge on any atom is -0.394 e. The molecule has 2 aliphatic heterocycles. The molecule has 11 heteroatoms. The van der Waals surface area contributed by atoms with Crippen molar-refractivity contribution in [1.82, 2.24) is 14.5 Å². The van der Waals surface area contributed by atoms with Gasteiger partial charge < -0.3 is 31.1 Å². The van der Waals surface area contributed by atoms with E-state index in [1.54, 1.807) is 22.9 Å². The van der Waals surface area contributed by atoms with E-state index in [-0.39, 0.29) is 43.3 Å². The zero-order chi connectivity index (χ0) is 21.3. The highest BCUT2D eigenvalue weighted by molar-refractivity contribution is 5.96. The van der Waals surface area contributed by atoms with Crippen molar-refractivity contribution < 1.29 is 24.9 Å². The van der Waals surface area contributed by atoms with Crippen LogP contribution in [0.25, 0.3) is 0 Å². The van der Waals surface area contributed by atoms with Crippen LogP contribution in [-0.4, -0.2) is 60.4 Å². The number of aliphatic hydroxyl groups excluding tert-OH is 2. The van der Waals surface area contributed by atoms with Crippen LogP contribution in [0.3, 0.4) is 0 Å². The van der Waals surface area contributed by atoms with Crippen LogP contribution in [0.4, 0.5) is 5.82 Å². The number of guanidine groups is 1. The van der Waals surface area contributed by atoms with Crippen molar-refractivity contribution in [3.05, 3.63) is 42.1 Å². The maximum Gasteiger partial charge on any atom is 0.206 e. The second-order valence-corrected chi connectivity index (χ2v) is 7.42. The third kappa shape index (κ3) is 3.79. The van der Waals surface area contributed by atoms with Gasteiger partial charge >= 0.3 is 0 Å². The van der Waals surface area contributed by atoms with Crippen molar-refractivity contribution in [3.8, 4) is 0 Å². The van der Waals surface area contributed by atoms with E-state index < -0.39 is 24.2 Å². The summed E-state index contributed by atoms with van der Waals surface area (Å²) >= 11 is 0. The molecule has 0 spiro atoms. The number of ether oxygens (including phenoxy) is 1. The zero-order valence-electron chi connectivity index (χ0n) is 16.2. The topological polar surface area (TPSA) is 168 Å². The number of hydrogen-bond acceptors (Lipinski definition) is 10. The number of ketones is 1. The number of nitrogens with two attached hydrogens (primary N) is 1. The van der Waals surface area contributed by atoms with Crippen molar-refractivity contribution in [1.29, 1.82) is 0 Å². The summed E-state index contributed by atoms with van der Waals surface area (Å²) in [5.74, 6) is 0.327. The van der Waals surface area contributed by atoms with Gasteiger partial charge in [-0.15, -0.1) is 0 Å². The Morgan fingerprint density at radius 1 is 1.47 bits per heavy atom. The number of nitrogens with zero attached hydrogens (tertiary/aromatic N) is 4. The number of nitrogens with one attached hydrogen (secondary N) is 1. The van der Waals surface area contributed by atoms with E-state index in [0.717, 1.165) is 0 Å². The Morgan fingerprint density at radius 3 is 3.00 bits per heavy atom. The molecule has 1 saturated heterocycles. The maximum absolute atomic E-state index is 12.3. The first-order chi connectivity index (χ1) is 14.4. The van der Waals surface area contributed by atoms with Gasteiger partial charge in [-0.2, -0.15) is 0 Å². The third-order valence-electron chi connectivity index (χ3n) is 5.33. The van der Waals surface area contributed by atoms with E-state index in [9.17, 15) is 20.1 Å². The van der Waals surface area contributed by atoms with E-state index in [2.05, 4.69) is 20.3 Å². The molecule has 2 aliphatic rings. The number of carbonyl (C=O) groups excluding carboxylic acids is 1. The number of anilines is 1. The van der Waals surface area contributed by atoms with Gasteiger partial charge in [-0.3, -0.25) is 14.3 Å². The highest BCUT2D eigenvalue weighted by Gasteiger charge is 2.42. The van der Waals surface area contributed by atoms with E-state index in [0.29, 0.717) is 17.8 Å². The lowest BCUT2D eigenvalue weighted by Crippen LogP contribution is -2.38. The van der Waals surface area contributed by atoms with Crippen molar-refractivity contribution in [2.75, 3.05) is 11.9 Å². The van der Waals surface area contributed by atoms with E-state index in [1.807, 2.05) is 0 Å². The third-order valence-corrected chi connectivity index (χ3v) is 5.33. The van der Waals surface area contributed by atoms with Gasteiger partial charge in [0, 0.05) is 37.2 Å². The van der Waals surface area contributed by atoms with Gasteiger partial charge in [0.05, 0.1) is 19.0 Å². The number of aromatic nitrogens is 3. The Balaban J connectivity index is 1.49. The predicted octanol–water partition coefficient (Wildman–Crippen LogP) is -0.143. The minimum absolute atomic E-state index is 0.00240. The first kappa shape index (κ1) is 20.4. The van der Waals surface area contributed by atoms with Crippen LogP contribution in [0.5, 0.6) is 0 Å². The van der Waals surface area contributed by atoms with Gasteiger partial charge in [0.15, 0.2) is 11.7 Å². The largest absolute Gasteiger partial charge is 0.394 e. The first-order valence-corrected chi connectivity index (χ1v) is 9.71. The van der Waals surface area contributed by atoms with Gasteiger partial charge in [-0.1, -0.05) is 0 Å². The van der Waals surface area contributed by atoms with Crippen LogP contribution in [-0.2, 0) is 10.5 Å². The lowest BCUT2D eigenvalue weighted by atomic mass is 9.99. The summed E-state index contributed by atoms with van der Waals surface area (Å²) < 4.78 is 7.28. The zero-order valence-corrected chi connectivity index (χ0v) is 16.2. The number of imidazole rings is 1. The number of fused-ring (bicyclic) bond motifs is 1. The van der Waals surface area contributed by atoms with Crippen LogP contribution < -0.4 is 11.1 Å². The van der Waals surface area contributed by atoms with Crippen molar-refractivity contribution in [3.63, 3.8) is 0 Å². The fourth-order valence-corrected chi connectivity index (χ4v) is 3.79. The molecule has 2 aromatic heterocycles. The molecule has 160 valence electrons. The van der Waals surface area contributed by atoms with Crippen molar-refractivity contribution in [2.24, 2.45) is 10.7 Å². The lowest BCUT2D eigenvalue weighted by molar-refractivity contribution is -0.0438. The van der Waals surface area contributed by atoms with Crippen LogP contribution in [0.1, 0.15) is 48.0 Å². The molecule has 2 aromatic rings. The molecular formula is C19H24N6O5. The van der Waals surface area contributed by atoms with E-state index in [4.69, 9.17) is 10.5 Å². The second kappa shape index (κ2) is 8.11. The molecule has 4 rings (SSSR count). The molecule has 0 bridgehead atoms. The molecule has 4 atom stereocenters. The molecule has 1 unspecified atom stereocenters. The van der Waals surface area contributed by atoms with Crippen LogP contribution in [0.2, 0.25) is 0 Å². The van der Waals surface area contributed by atoms with Gasteiger partial charge in [0.2, 0.25) is 5.72 Å². The molecule has 6 N–H and O–H groups in total. The SMILES string of the molecule is NC1=NC(O)(CCCC(=O)c2cccnc2)c2ncn([C@H]3C[C@H](O)[C@@H](CO)O3)c2N1. The highest BCUT2D eigenvalue weighted by Crippen LogP contribution is 2.39. The van der Waals surface area contributed by atoms with Gasteiger partial charge in [0.1, 0.15) is 23.8 Å². The lowest BCUT2D eigenvalue weighted by Gasteiger charge is -2.29. The van der Waals surface area contributed by atoms with Crippen LogP contribution in [0.15, 0.2) is 35.8 Å². The van der Waals surface area contributed by atoms with Crippen LogP contribution in [0, 0.1) is 0 Å². The molecule has 0 aromatic carbocycles. The van der Waals surface area contributed by atoms with Gasteiger partial charge in [-0.05, 0) is 18.6 Å². The fourth-order valence-electron chi connectivity index (χ4n) is 3.79. The Kier molecular flexibility index (Phi) is 5.52. The Hall–Kier alpha value is -2.86. The van der Waals surface area contributed by atoms with Crippen molar-refractivity contribution >= 4 is 17.6 Å². The van der Waals surface area contributed by atoms with Gasteiger partial charge in [-0.25, -0.2) is 9.98 Å². The highest BCUT2D eigenvalue weighted by atomic mass is 16.5. The van der Waals surface area contributed by atoms with E-state index >= 15 is 0 Å². The number of carbonyl (C=O) groups is 1. The predicted molar refractivity (Wildman–Crippen MR) is 105 cm³/mol. The summed E-state index contributed by atoms with van der Waals surface area (Å²) in [5, 5.41) is 33.3. The minimum atomic E-state index is -1.70. The Labute approximate surface area is 172 Å². The molecule has 4 heterocycles. The molecule has 11 nitrogen and oxygen atoms in total. The standard InChI is InChI=1S/C19H24N6O5/c20-18-23-17-16(22-10-25(17)15-7-13(28)14(9-26)30-15)19(29,24-18)5-1-4-12(27)11-3-2-6-21-8-11/h2-3,6,8,10,13-15,26,28-29H,1,4-5,7,9H2,(H3,20,23,24)/t13-,14+,15+,19?/m0/s1. The number of Topliss-reactive ketones (excluding diaryl/α,β-unsaturated/α-hetero) is 1. The molecule has 0 radical (unpaired) electrons. The summed E-state index contributed by atoms with van der Waals surface area (Å²) in [7, 11) is 0. The summed E-state index contributed by atoms with van der Waals surface area (Å²) in [5.41, 5.74) is 4.96.